The molecule has 0 radical (unpaired) electrons. The van der Waals surface area contributed by atoms with E-state index < -0.39 is 5.97 Å². The van der Waals surface area contributed by atoms with Crippen molar-refractivity contribution in [3.8, 4) is 0 Å². The first-order valence-corrected chi connectivity index (χ1v) is 6.44. The smallest absolute Gasteiger partial charge is 0.363 e. The second kappa shape index (κ2) is 5.31. The Labute approximate surface area is 121 Å². The number of benzene rings is 2. The molecule has 0 amide bonds. The maximum Gasteiger partial charge on any atom is 0.363 e. The topological polar surface area (TPSA) is 38.7 Å². The van der Waals surface area contributed by atoms with Crippen LogP contribution in [-0.4, -0.2) is 11.9 Å². The Morgan fingerprint density at radius 1 is 1.00 bits per heavy atom. The Hall–Kier alpha value is -2.39. The van der Waals surface area contributed by atoms with Gasteiger partial charge in [-0.3, -0.25) is 0 Å². The third-order valence-electron chi connectivity index (χ3n) is 2.81. The van der Waals surface area contributed by atoms with Gasteiger partial charge in [-0.1, -0.05) is 41.9 Å². The first kappa shape index (κ1) is 12.6. The monoisotopic (exact) mass is 283 g/mol. The maximum atomic E-state index is 11.8. The van der Waals surface area contributed by atoms with E-state index in [0.29, 0.717) is 16.6 Å². The summed E-state index contributed by atoms with van der Waals surface area (Å²) in [4.78, 5) is 16.0. The van der Waals surface area contributed by atoms with Crippen molar-refractivity contribution >= 4 is 29.5 Å². The molecule has 2 aromatic rings. The van der Waals surface area contributed by atoms with E-state index in [1.165, 1.54) is 0 Å². The number of esters is 1. The van der Waals surface area contributed by atoms with Crippen molar-refractivity contribution in [1.82, 2.24) is 0 Å². The van der Waals surface area contributed by atoms with E-state index in [9.17, 15) is 4.79 Å². The van der Waals surface area contributed by atoms with Crippen LogP contribution in [0.5, 0.6) is 0 Å². The van der Waals surface area contributed by atoms with E-state index in [-0.39, 0.29) is 0 Å². The van der Waals surface area contributed by atoms with Gasteiger partial charge in [-0.15, -0.1) is 0 Å². The predicted molar refractivity (Wildman–Crippen MR) is 78.5 cm³/mol. The molecule has 3 nitrogen and oxygen atoms in total. The zero-order valence-electron chi connectivity index (χ0n) is 10.4. The molecule has 1 heterocycles. The van der Waals surface area contributed by atoms with E-state index in [1.807, 2.05) is 30.3 Å². The lowest BCUT2D eigenvalue weighted by molar-refractivity contribution is -0.129. The summed E-state index contributed by atoms with van der Waals surface area (Å²) in [6.45, 7) is 0. The number of hydrogen-bond acceptors (Lipinski definition) is 3. The van der Waals surface area contributed by atoms with E-state index in [4.69, 9.17) is 16.3 Å². The highest BCUT2D eigenvalue weighted by Crippen LogP contribution is 2.20. The summed E-state index contributed by atoms with van der Waals surface area (Å²) < 4.78 is 5.17. The molecular formula is C16H10ClNO2. The van der Waals surface area contributed by atoms with Gasteiger partial charge in [-0.25, -0.2) is 9.79 Å². The zero-order valence-corrected chi connectivity index (χ0v) is 11.2. The summed E-state index contributed by atoms with van der Waals surface area (Å²) in [5.74, 6) is -0.146. The molecule has 0 saturated carbocycles. The second-order valence-corrected chi connectivity index (χ2v) is 4.69. The number of cyclic esters (lactones) is 1. The first-order valence-electron chi connectivity index (χ1n) is 6.06. The third-order valence-corrected chi connectivity index (χ3v) is 3.07. The molecule has 0 bridgehead atoms. The van der Waals surface area contributed by atoms with E-state index in [2.05, 4.69) is 4.99 Å². The lowest BCUT2D eigenvalue weighted by atomic mass is 10.2. The van der Waals surface area contributed by atoms with Crippen molar-refractivity contribution in [1.29, 1.82) is 0 Å². The number of halogens is 1. The highest BCUT2D eigenvalue weighted by Gasteiger charge is 2.23. The summed E-state index contributed by atoms with van der Waals surface area (Å²) in [5, 5.41) is 0.624. The van der Waals surface area contributed by atoms with Crippen LogP contribution in [0.2, 0.25) is 5.02 Å². The summed E-state index contributed by atoms with van der Waals surface area (Å²) in [5.41, 5.74) is 1.92. The fourth-order valence-electron chi connectivity index (χ4n) is 1.83. The van der Waals surface area contributed by atoms with Gasteiger partial charge >= 0.3 is 5.97 Å². The number of aliphatic imine (C=N–C) groups is 1. The normalized spacial score (nSPS) is 16.1. The molecule has 1 aliphatic heterocycles. The van der Waals surface area contributed by atoms with Crippen molar-refractivity contribution in [2.24, 2.45) is 4.99 Å². The Morgan fingerprint density at radius 2 is 1.70 bits per heavy atom. The molecule has 98 valence electrons. The molecule has 4 heteroatoms. The van der Waals surface area contributed by atoms with Gasteiger partial charge in [0.25, 0.3) is 0 Å². The quantitative estimate of drug-likeness (QED) is 0.623. The molecule has 0 N–H and O–H groups in total. The summed E-state index contributed by atoms with van der Waals surface area (Å²) in [7, 11) is 0. The molecule has 0 atom stereocenters. The SMILES string of the molecule is O=C1OC(c2ccc(Cl)cc2)=N/C1=C\c1ccccc1. The van der Waals surface area contributed by atoms with Crippen LogP contribution in [0.15, 0.2) is 65.3 Å². The van der Waals surface area contributed by atoms with Crippen LogP contribution in [0.25, 0.3) is 6.08 Å². The number of carbonyl (C=O) groups excluding carboxylic acids is 1. The average molecular weight is 284 g/mol. The molecule has 1 aliphatic rings. The van der Waals surface area contributed by atoms with Crippen LogP contribution in [-0.2, 0) is 9.53 Å². The number of rotatable bonds is 2. The van der Waals surface area contributed by atoms with Gasteiger partial charge in [-0.2, -0.15) is 0 Å². The first-order chi connectivity index (χ1) is 9.72. The van der Waals surface area contributed by atoms with Gasteiger partial charge in [0.15, 0.2) is 5.70 Å². The third kappa shape index (κ3) is 2.63. The number of nitrogens with zero attached hydrogens (tertiary/aromatic N) is 1. The Morgan fingerprint density at radius 3 is 2.40 bits per heavy atom. The molecule has 3 rings (SSSR count). The largest absolute Gasteiger partial charge is 0.402 e. The number of hydrogen-bond donors (Lipinski definition) is 0. The van der Waals surface area contributed by atoms with Crippen LogP contribution < -0.4 is 0 Å². The fourth-order valence-corrected chi connectivity index (χ4v) is 1.96. The van der Waals surface area contributed by atoms with Crippen LogP contribution in [0.4, 0.5) is 0 Å². The Bertz CT molecular complexity index is 703. The summed E-state index contributed by atoms with van der Waals surface area (Å²) in [6.07, 6.45) is 1.70. The minimum absolute atomic E-state index is 0.293. The zero-order chi connectivity index (χ0) is 13.9. The van der Waals surface area contributed by atoms with Crippen molar-refractivity contribution in [3.05, 3.63) is 76.4 Å². The molecular weight excluding hydrogens is 274 g/mol. The van der Waals surface area contributed by atoms with E-state index in [1.54, 1.807) is 30.3 Å². The summed E-state index contributed by atoms with van der Waals surface area (Å²) in [6, 6.07) is 16.5. The molecule has 20 heavy (non-hydrogen) atoms. The molecule has 2 aromatic carbocycles. The summed E-state index contributed by atoms with van der Waals surface area (Å²) >= 11 is 5.82. The van der Waals surface area contributed by atoms with Crippen LogP contribution in [0.3, 0.4) is 0 Å². The van der Waals surface area contributed by atoms with Gasteiger partial charge in [0.2, 0.25) is 5.90 Å². The molecule has 0 aliphatic carbocycles. The highest BCUT2D eigenvalue weighted by atomic mass is 35.5. The van der Waals surface area contributed by atoms with Gasteiger partial charge < -0.3 is 4.74 Å². The van der Waals surface area contributed by atoms with Crippen molar-refractivity contribution in [2.45, 2.75) is 0 Å². The molecule has 0 fully saturated rings. The lowest BCUT2D eigenvalue weighted by Crippen LogP contribution is -2.05. The van der Waals surface area contributed by atoms with Crippen LogP contribution >= 0.6 is 11.6 Å². The Balaban J connectivity index is 1.93. The Kier molecular flexibility index (Phi) is 3.35. The standard InChI is InChI=1S/C16H10ClNO2/c17-13-8-6-12(7-9-13)15-18-14(16(19)20-15)10-11-4-2-1-3-5-11/h1-10H/b14-10-. The molecule has 0 saturated heterocycles. The van der Waals surface area contributed by atoms with Gasteiger partial charge in [0, 0.05) is 10.6 Å². The van der Waals surface area contributed by atoms with E-state index >= 15 is 0 Å². The molecule has 0 spiro atoms. The molecule has 0 unspecified atom stereocenters. The average Bonchev–Trinajstić information content (AvgIpc) is 2.82. The maximum absolute atomic E-state index is 11.8. The fraction of sp³-hybridized carbons (Fsp3) is 0. The minimum atomic E-state index is -0.446. The van der Waals surface area contributed by atoms with Gasteiger partial charge in [0.1, 0.15) is 0 Å². The highest BCUT2D eigenvalue weighted by molar-refractivity contribution is 6.30. The van der Waals surface area contributed by atoms with Gasteiger partial charge in [-0.05, 0) is 35.9 Å². The van der Waals surface area contributed by atoms with Crippen LogP contribution in [0, 0.1) is 0 Å². The number of ether oxygens (including phenoxy) is 1. The van der Waals surface area contributed by atoms with Crippen molar-refractivity contribution in [3.63, 3.8) is 0 Å². The molecule has 0 aromatic heterocycles. The van der Waals surface area contributed by atoms with Gasteiger partial charge in [0.05, 0.1) is 0 Å². The minimum Gasteiger partial charge on any atom is -0.402 e. The van der Waals surface area contributed by atoms with Crippen molar-refractivity contribution in [2.75, 3.05) is 0 Å². The predicted octanol–water partition coefficient (Wildman–Crippen LogP) is 3.68. The van der Waals surface area contributed by atoms with Crippen molar-refractivity contribution < 1.29 is 9.53 Å². The lowest BCUT2D eigenvalue weighted by Gasteiger charge is -1.98. The number of carbonyl (C=O) groups is 1. The van der Waals surface area contributed by atoms with Crippen LogP contribution in [0.1, 0.15) is 11.1 Å². The second-order valence-electron chi connectivity index (χ2n) is 4.25. The van der Waals surface area contributed by atoms with E-state index in [0.717, 1.165) is 11.1 Å².